The average Bonchev–Trinajstić information content (AvgIpc) is 2.87. The molecule has 2 heterocycles. The number of fused-ring (bicyclic) bond motifs is 1. The number of benzene rings is 2. The summed E-state index contributed by atoms with van der Waals surface area (Å²) in [5.74, 6) is -1.68. The van der Waals surface area contributed by atoms with Crippen molar-refractivity contribution < 1.29 is 24.5 Å². The Kier molecular flexibility index (Phi) is 8.59. The van der Waals surface area contributed by atoms with Crippen molar-refractivity contribution in [3.05, 3.63) is 65.9 Å². The summed E-state index contributed by atoms with van der Waals surface area (Å²) in [7, 11) is 1.69. The molecular weight excluding hydrogens is 434 g/mol. The Morgan fingerprint density at radius 3 is 2.21 bits per heavy atom. The predicted molar refractivity (Wildman–Crippen MR) is 133 cm³/mol. The zero-order valence-corrected chi connectivity index (χ0v) is 19.3. The zero-order chi connectivity index (χ0) is 24.5. The van der Waals surface area contributed by atoms with E-state index in [0.717, 1.165) is 55.5 Å². The molecule has 0 aliphatic carbocycles. The number of pyridine rings is 1. The number of nitrogens with zero attached hydrogens (tertiary/aromatic N) is 3. The molecule has 1 aromatic heterocycles. The number of anilines is 1. The summed E-state index contributed by atoms with van der Waals surface area (Å²) in [6.07, 6.45) is 4.20. The molecular formula is C26H29N3O5. The van der Waals surface area contributed by atoms with Gasteiger partial charge in [-0.25, -0.2) is 14.6 Å². The van der Waals surface area contributed by atoms with E-state index in [1.54, 1.807) is 7.11 Å². The summed E-state index contributed by atoms with van der Waals surface area (Å²) < 4.78 is 5.23. The molecule has 0 atom stereocenters. The van der Waals surface area contributed by atoms with Gasteiger partial charge in [-0.1, -0.05) is 49.4 Å². The van der Waals surface area contributed by atoms with Crippen molar-refractivity contribution >= 4 is 40.7 Å². The first kappa shape index (κ1) is 24.7. The molecule has 1 aliphatic rings. The second-order valence-electron chi connectivity index (χ2n) is 7.73. The standard InChI is InChI=1S/C24H27N3O.C2H2O4/c1-3-26-14-16-27(17-15-26)24-23-7-5-4-6-20(23)18-21(25-24)11-8-19-9-12-22(28-2)13-10-19;3-1(4)2(5)6/h4-13,18H,3,14-17H2,1-2H3;(H,3,4)(H,5,6)/b11-8+;. The van der Waals surface area contributed by atoms with Crippen LogP contribution in [0.15, 0.2) is 54.6 Å². The zero-order valence-electron chi connectivity index (χ0n) is 19.3. The number of methoxy groups -OCH3 is 1. The topological polar surface area (TPSA) is 103 Å². The second-order valence-corrected chi connectivity index (χ2v) is 7.73. The quantitative estimate of drug-likeness (QED) is 0.552. The molecule has 2 N–H and O–H groups in total. The molecule has 4 rings (SSSR count). The van der Waals surface area contributed by atoms with Gasteiger partial charge >= 0.3 is 11.9 Å². The lowest BCUT2D eigenvalue weighted by atomic mass is 10.1. The van der Waals surface area contributed by atoms with Gasteiger partial charge in [0.1, 0.15) is 11.6 Å². The first-order chi connectivity index (χ1) is 16.4. The van der Waals surface area contributed by atoms with Gasteiger partial charge in [0.2, 0.25) is 0 Å². The molecule has 0 radical (unpaired) electrons. The molecule has 1 saturated heterocycles. The molecule has 1 fully saturated rings. The van der Waals surface area contributed by atoms with Crippen molar-refractivity contribution in [3.63, 3.8) is 0 Å². The van der Waals surface area contributed by atoms with Crippen molar-refractivity contribution in [1.29, 1.82) is 0 Å². The second kappa shape index (κ2) is 11.8. The van der Waals surface area contributed by atoms with Crippen LogP contribution in [-0.4, -0.2) is 71.9 Å². The number of carboxylic acid groups (broad SMARTS) is 2. The first-order valence-electron chi connectivity index (χ1n) is 11.1. The number of hydrogen-bond donors (Lipinski definition) is 2. The highest BCUT2D eigenvalue weighted by atomic mass is 16.5. The summed E-state index contributed by atoms with van der Waals surface area (Å²) >= 11 is 0. The summed E-state index contributed by atoms with van der Waals surface area (Å²) in [6, 6.07) is 18.8. The maximum absolute atomic E-state index is 9.10. The third-order valence-corrected chi connectivity index (χ3v) is 5.60. The fourth-order valence-electron chi connectivity index (χ4n) is 3.70. The molecule has 0 unspecified atom stereocenters. The summed E-state index contributed by atoms with van der Waals surface area (Å²) in [4.78, 5) is 28.1. The van der Waals surface area contributed by atoms with Gasteiger partial charge in [0, 0.05) is 31.6 Å². The largest absolute Gasteiger partial charge is 0.497 e. The van der Waals surface area contributed by atoms with Crippen LogP contribution in [0.5, 0.6) is 5.75 Å². The maximum atomic E-state index is 9.10. The van der Waals surface area contributed by atoms with Crippen LogP contribution < -0.4 is 9.64 Å². The molecule has 0 saturated carbocycles. The number of ether oxygens (including phenoxy) is 1. The number of hydrogen-bond acceptors (Lipinski definition) is 6. The molecule has 1 aliphatic heterocycles. The maximum Gasteiger partial charge on any atom is 0.414 e. The lowest BCUT2D eigenvalue weighted by Crippen LogP contribution is -2.46. The van der Waals surface area contributed by atoms with Gasteiger partial charge < -0.3 is 24.7 Å². The Morgan fingerprint density at radius 1 is 0.971 bits per heavy atom. The van der Waals surface area contributed by atoms with E-state index < -0.39 is 11.9 Å². The van der Waals surface area contributed by atoms with Crippen molar-refractivity contribution in [2.75, 3.05) is 44.7 Å². The van der Waals surface area contributed by atoms with Crippen LogP contribution in [0.3, 0.4) is 0 Å². The van der Waals surface area contributed by atoms with Gasteiger partial charge in [-0.2, -0.15) is 0 Å². The molecule has 2 aromatic carbocycles. The predicted octanol–water partition coefficient (Wildman–Crippen LogP) is 3.71. The third kappa shape index (κ3) is 6.55. The van der Waals surface area contributed by atoms with Crippen LogP contribution >= 0.6 is 0 Å². The Morgan fingerprint density at radius 2 is 1.62 bits per heavy atom. The molecule has 0 bridgehead atoms. The fourth-order valence-corrected chi connectivity index (χ4v) is 3.70. The fraction of sp³-hybridized carbons (Fsp3) is 0.269. The monoisotopic (exact) mass is 463 g/mol. The van der Waals surface area contributed by atoms with E-state index >= 15 is 0 Å². The van der Waals surface area contributed by atoms with Crippen molar-refractivity contribution in [2.24, 2.45) is 0 Å². The van der Waals surface area contributed by atoms with E-state index in [1.165, 1.54) is 10.8 Å². The highest BCUT2D eigenvalue weighted by molar-refractivity contribution is 6.27. The minimum absolute atomic E-state index is 0.870. The van der Waals surface area contributed by atoms with Crippen LogP contribution in [-0.2, 0) is 9.59 Å². The summed E-state index contributed by atoms with van der Waals surface area (Å²) in [5.41, 5.74) is 2.12. The molecule has 8 heteroatoms. The van der Waals surface area contributed by atoms with Crippen molar-refractivity contribution in [3.8, 4) is 5.75 Å². The minimum Gasteiger partial charge on any atom is -0.497 e. The lowest BCUT2D eigenvalue weighted by molar-refractivity contribution is -0.159. The minimum atomic E-state index is -1.82. The average molecular weight is 464 g/mol. The normalized spacial score (nSPS) is 14.0. The SMILES string of the molecule is CCN1CCN(c2nc(/C=C/c3ccc(OC)cc3)cc3ccccc23)CC1.O=C(O)C(=O)O. The van der Waals surface area contributed by atoms with E-state index in [-0.39, 0.29) is 0 Å². The van der Waals surface area contributed by atoms with Gasteiger partial charge in [0.25, 0.3) is 0 Å². The van der Waals surface area contributed by atoms with Crippen molar-refractivity contribution in [1.82, 2.24) is 9.88 Å². The van der Waals surface area contributed by atoms with Crippen LogP contribution in [0.2, 0.25) is 0 Å². The molecule has 178 valence electrons. The Balaban J connectivity index is 0.000000481. The van der Waals surface area contributed by atoms with Gasteiger partial charge in [-0.15, -0.1) is 0 Å². The van der Waals surface area contributed by atoms with Crippen LogP contribution in [0.1, 0.15) is 18.2 Å². The number of rotatable bonds is 5. The number of piperazine rings is 1. The Bertz CT molecular complexity index is 1140. The number of likely N-dealkylation sites (N-methyl/N-ethyl adjacent to an activating group) is 1. The van der Waals surface area contributed by atoms with E-state index in [0.29, 0.717) is 0 Å². The molecule has 0 amide bonds. The van der Waals surface area contributed by atoms with Crippen molar-refractivity contribution in [2.45, 2.75) is 6.92 Å². The van der Waals surface area contributed by atoms with Gasteiger partial charge in [0.05, 0.1) is 12.8 Å². The van der Waals surface area contributed by atoms with Crippen LogP contribution in [0.4, 0.5) is 5.82 Å². The Labute approximate surface area is 198 Å². The third-order valence-electron chi connectivity index (χ3n) is 5.60. The summed E-state index contributed by atoms with van der Waals surface area (Å²) in [5, 5.41) is 17.2. The number of carbonyl (C=O) groups is 2. The van der Waals surface area contributed by atoms with Crippen LogP contribution in [0.25, 0.3) is 22.9 Å². The highest BCUT2D eigenvalue weighted by Gasteiger charge is 2.19. The Hall–Kier alpha value is -3.91. The molecule has 0 spiro atoms. The van der Waals surface area contributed by atoms with E-state index in [9.17, 15) is 0 Å². The van der Waals surface area contributed by atoms with E-state index in [1.807, 2.05) is 12.1 Å². The van der Waals surface area contributed by atoms with Gasteiger partial charge in [-0.05, 0) is 41.8 Å². The molecule has 34 heavy (non-hydrogen) atoms. The molecule has 8 nitrogen and oxygen atoms in total. The lowest BCUT2D eigenvalue weighted by Gasteiger charge is -2.35. The van der Waals surface area contributed by atoms with E-state index in [2.05, 4.69) is 71.3 Å². The highest BCUT2D eigenvalue weighted by Crippen LogP contribution is 2.27. The number of aromatic nitrogens is 1. The number of aliphatic carboxylic acids is 2. The smallest absolute Gasteiger partial charge is 0.414 e. The first-order valence-corrected chi connectivity index (χ1v) is 11.1. The van der Waals surface area contributed by atoms with Crippen LogP contribution in [0, 0.1) is 0 Å². The number of carboxylic acids is 2. The van der Waals surface area contributed by atoms with E-state index in [4.69, 9.17) is 29.5 Å². The molecule has 3 aromatic rings. The van der Waals surface area contributed by atoms with Gasteiger partial charge in [0.15, 0.2) is 0 Å². The van der Waals surface area contributed by atoms with Gasteiger partial charge in [-0.3, -0.25) is 0 Å². The summed E-state index contributed by atoms with van der Waals surface area (Å²) in [6.45, 7) is 7.59.